The zero-order chi connectivity index (χ0) is 16.5. The molecule has 1 amide bonds. The fourth-order valence-electron chi connectivity index (χ4n) is 2.09. The molecule has 0 aliphatic carbocycles. The van der Waals surface area contributed by atoms with Crippen LogP contribution in [0.25, 0.3) is 0 Å². The number of carbonyl (C=O) groups excluding carboxylic acids is 1. The summed E-state index contributed by atoms with van der Waals surface area (Å²) >= 11 is 0. The highest BCUT2D eigenvalue weighted by molar-refractivity contribution is 5.80. The van der Waals surface area contributed by atoms with Gasteiger partial charge in [0, 0.05) is 6.54 Å². The minimum absolute atomic E-state index is 0.142. The average Bonchev–Trinajstić information content (AvgIpc) is 2.57. The van der Waals surface area contributed by atoms with Crippen molar-refractivity contribution in [1.29, 1.82) is 0 Å². The molecule has 0 aromatic heterocycles. The number of amides is 1. The van der Waals surface area contributed by atoms with E-state index in [1.807, 2.05) is 61.5 Å². The van der Waals surface area contributed by atoms with Gasteiger partial charge in [-0.1, -0.05) is 48.5 Å². The van der Waals surface area contributed by atoms with Crippen LogP contribution in [0.15, 0.2) is 54.6 Å². The molecule has 0 saturated carbocycles. The van der Waals surface area contributed by atoms with E-state index in [0.29, 0.717) is 19.8 Å². The second-order valence-corrected chi connectivity index (χ2v) is 5.35. The Balaban J connectivity index is 1.65. The second-order valence-electron chi connectivity index (χ2n) is 5.35. The molecular formula is C19H23NO3. The summed E-state index contributed by atoms with van der Waals surface area (Å²) in [4.78, 5) is 12.0. The van der Waals surface area contributed by atoms with E-state index in [0.717, 1.165) is 16.9 Å². The van der Waals surface area contributed by atoms with E-state index in [-0.39, 0.29) is 5.91 Å². The molecule has 0 heterocycles. The van der Waals surface area contributed by atoms with Gasteiger partial charge in [-0.2, -0.15) is 0 Å². The van der Waals surface area contributed by atoms with Crippen molar-refractivity contribution in [3.8, 4) is 5.75 Å². The topological polar surface area (TPSA) is 47.6 Å². The number of hydrogen-bond acceptors (Lipinski definition) is 3. The van der Waals surface area contributed by atoms with E-state index in [1.54, 1.807) is 6.92 Å². The van der Waals surface area contributed by atoms with Gasteiger partial charge in [0.1, 0.15) is 5.75 Å². The lowest BCUT2D eigenvalue weighted by molar-refractivity contribution is -0.127. The van der Waals surface area contributed by atoms with Crippen molar-refractivity contribution in [3.05, 3.63) is 65.7 Å². The van der Waals surface area contributed by atoms with E-state index in [2.05, 4.69) is 5.32 Å². The molecule has 1 unspecified atom stereocenters. The molecule has 4 heteroatoms. The molecule has 0 spiro atoms. The minimum atomic E-state index is -0.537. The highest BCUT2D eigenvalue weighted by atomic mass is 16.5. The average molecular weight is 313 g/mol. The molecule has 0 bridgehead atoms. The van der Waals surface area contributed by atoms with Gasteiger partial charge < -0.3 is 14.8 Å². The molecule has 0 aliphatic heterocycles. The van der Waals surface area contributed by atoms with Crippen LogP contribution in [0.2, 0.25) is 0 Å². The van der Waals surface area contributed by atoms with Crippen molar-refractivity contribution in [3.63, 3.8) is 0 Å². The van der Waals surface area contributed by atoms with Crippen LogP contribution in [0.5, 0.6) is 5.75 Å². The van der Waals surface area contributed by atoms with Crippen molar-refractivity contribution in [2.45, 2.75) is 26.6 Å². The van der Waals surface area contributed by atoms with Gasteiger partial charge in [-0.25, -0.2) is 0 Å². The Hall–Kier alpha value is -2.33. The summed E-state index contributed by atoms with van der Waals surface area (Å²) in [6.07, 6.45) is -0.537. The van der Waals surface area contributed by atoms with Crippen molar-refractivity contribution in [2.75, 3.05) is 13.2 Å². The molecular weight excluding hydrogens is 290 g/mol. The predicted molar refractivity (Wildman–Crippen MR) is 90.4 cm³/mol. The Morgan fingerprint density at radius 3 is 2.52 bits per heavy atom. The third-order valence-electron chi connectivity index (χ3n) is 3.42. The summed E-state index contributed by atoms with van der Waals surface area (Å²) in [6.45, 7) is 5.18. The molecule has 2 aromatic carbocycles. The Morgan fingerprint density at radius 1 is 1.09 bits per heavy atom. The lowest BCUT2D eigenvalue weighted by atomic mass is 10.2. The maximum atomic E-state index is 12.0. The predicted octanol–water partition coefficient (Wildman–Crippen LogP) is 3.10. The first-order valence-corrected chi connectivity index (χ1v) is 7.78. The molecule has 2 rings (SSSR count). The van der Waals surface area contributed by atoms with Gasteiger partial charge in [-0.15, -0.1) is 0 Å². The second kappa shape index (κ2) is 8.96. The molecule has 4 nitrogen and oxygen atoms in total. The van der Waals surface area contributed by atoms with Gasteiger partial charge in [0.15, 0.2) is 6.10 Å². The molecule has 0 saturated heterocycles. The number of aryl methyl sites for hydroxylation is 1. The molecule has 0 radical (unpaired) electrons. The normalized spacial score (nSPS) is 11.7. The molecule has 122 valence electrons. The third-order valence-corrected chi connectivity index (χ3v) is 3.42. The van der Waals surface area contributed by atoms with E-state index in [9.17, 15) is 4.79 Å². The maximum Gasteiger partial charge on any atom is 0.260 e. The van der Waals surface area contributed by atoms with E-state index in [4.69, 9.17) is 9.47 Å². The zero-order valence-electron chi connectivity index (χ0n) is 13.6. The summed E-state index contributed by atoms with van der Waals surface area (Å²) in [5, 5.41) is 2.82. The fourth-order valence-corrected chi connectivity index (χ4v) is 2.09. The number of nitrogens with one attached hydrogen (secondary N) is 1. The van der Waals surface area contributed by atoms with Crippen molar-refractivity contribution in [2.24, 2.45) is 0 Å². The number of ether oxygens (including phenoxy) is 2. The monoisotopic (exact) mass is 313 g/mol. The van der Waals surface area contributed by atoms with Crippen molar-refractivity contribution < 1.29 is 14.3 Å². The quantitative estimate of drug-likeness (QED) is 0.762. The Morgan fingerprint density at radius 2 is 1.78 bits per heavy atom. The summed E-state index contributed by atoms with van der Waals surface area (Å²) in [5.74, 6) is 0.590. The standard InChI is InChI=1S/C19H23NO3/c1-15-8-6-7-11-18(15)23-16(2)19(21)20-12-13-22-14-17-9-4-3-5-10-17/h3-11,16H,12-14H2,1-2H3,(H,20,21). The van der Waals surface area contributed by atoms with E-state index in [1.165, 1.54) is 0 Å². The Kier molecular flexibility index (Phi) is 6.63. The molecule has 0 aliphatic rings. The summed E-state index contributed by atoms with van der Waals surface area (Å²) in [6, 6.07) is 17.6. The highest BCUT2D eigenvalue weighted by Crippen LogP contribution is 2.17. The summed E-state index contributed by atoms with van der Waals surface area (Å²) in [7, 11) is 0. The molecule has 1 N–H and O–H groups in total. The lowest BCUT2D eigenvalue weighted by Gasteiger charge is -2.16. The molecule has 23 heavy (non-hydrogen) atoms. The van der Waals surface area contributed by atoms with E-state index >= 15 is 0 Å². The SMILES string of the molecule is Cc1ccccc1OC(C)C(=O)NCCOCc1ccccc1. The Labute approximate surface area is 137 Å². The van der Waals surface area contributed by atoms with Crippen LogP contribution in [-0.2, 0) is 16.1 Å². The van der Waals surface area contributed by atoms with Crippen LogP contribution in [0, 0.1) is 6.92 Å². The molecule has 1 atom stereocenters. The molecule has 0 fully saturated rings. The Bertz CT molecular complexity index is 613. The van der Waals surface area contributed by atoms with Gasteiger partial charge >= 0.3 is 0 Å². The molecule has 2 aromatic rings. The van der Waals surface area contributed by atoms with Crippen molar-refractivity contribution in [1.82, 2.24) is 5.32 Å². The third kappa shape index (κ3) is 5.75. The van der Waals surface area contributed by atoms with Crippen molar-refractivity contribution >= 4 is 5.91 Å². The van der Waals surface area contributed by atoms with Crippen LogP contribution >= 0.6 is 0 Å². The number of hydrogen-bond donors (Lipinski definition) is 1. The van der Waals surface area contributed by atoms with Crippen LogP contribution in [-0.4, -0.2) is 25.2 Å². The number of benzene rings is 2. The zero-order valence-corrected chi connectivity index (χ0v) is 13.6. The van der Waals surface area contributed by atoms with Crippen LogP contribution < -0.4 is 10.1 Å². The number of para-hydroxylation sites is 1. The van der Waals surface area contributed by atoms with Crippen LogP contribution in [0.3, 0.4) is 0 Å². The number of rotatable bonds is 8. The smallest absolute Gasteiger partial charge is 0.260 e. The first-order valence-electron chi connectivity index (χ1n) is 7.78. The summed E-state index contributed by atoms with van der Waals surface area (Å²) in [5.41, 5.74) is 2.13. The first kappa shape index (κ1) is 17.0. The van der Waals surface area contributed by atoms with Crippen LogP contribution in [0.4, 0.5) is 0 Å². The van der Waals surface area contributed by atoms with Crippen LogP contribution in [0.1, 0.15) is 18.1 Å². The first-order chi connectivity index (χ1) is 11.2. The maximum absolute atomic E-state index is 12.0. The minimum Gasteiger partial charge on any atom is -0.481 e. The van der Waals surface area contributed by atoms with Gasteiger partial charge in [0.25, 0.3) is 5.91 Å². The van der Waals surface area contributed by atoms with Gasteiger partial charge in [-0.3, -0.25) is 4.79 Å². The largest absolute Gasteiger partial charge is 0.481 e. The summed E-state index contributed by atoms with van der Waals surface area (Å²) < 4.78 is 11.2. The van der Waals surface area contributed by atoms with E-state index < -0.39 is 6.10 Å². The highest BCUT2D eigenvalue weighted by Gasteiger charge is 2.14. The van der Waals surface area contributed by atoms with Gasteiger partial charge in [-0.05, 0) is 31.0 Å². The van der Waals surface area contributed by atoms with Gasteiger partial charge in [0.05, 0.1) is 13.2 Å². The lowest BCUT2D eigenvalue weighted by Crippen LogP contribution is -2.38. The fraction of sp³-hybridized carbons (Fsp3) is 0.316. The number of carbonyl (C=O) groups is 1. The van der Waals surface area contributed by atoms with Gasteiger partial charge in [0.2, 0.25) is 0 Å².